The molecular formula is C30H37Cl2N5O5. The second-order valence-electron chi connectivity index (χ2n) is 10.4. The fourth-order valence-electron chi connectivity index (χ4n) is 5.33. The highest BCUT2D eigenvalue weighted by Crippen LogP contribution is 2.32. The van der Waals surface area contributed by atoms with Gasteiger partial charge in [0.25, 0.3) is 0 Å². The number of aryl methyl sites for hydroxylation is 3. The first kappa shape index (κ1) is 33.0. The summed E-state index contributed by atoms with van der Waals surface area (Å²) in [4.78, 5) is 18.1. The molecule has 0 saturated carbocycles. The van der Waals surface area contributed by atoms with E-state index in [9.17, 15) is 15.0 Å². The molecule has 226 valence electrons. The molecule has 1 fully saturated rings. The lowest BCUT2D eigenvalue weighted by atomic mass is 10.0. The third-order valence-corrected chi connectivity index (χ3v) is 8.24. The maximum Gasteiger partial charge on any atom is 0.350 e. The first-order chi connectivity index (χ1) is 19.0. The molecule has 0 aliphatic carbocycles. The number of piperazine rings is 1. The highest BCUT2D eigenvalue weighted by Gasteiger charge is 2.26. The van der Waals surface area contributed by atoms with Gasteiger partial charge in [-0.2, -0.15) is 5.10 Å². The number of halogens is 2. The number of hydrogen-bond donors (Lipinski definition) is 2. The molecule has 5 rings (SSSR count). The lowest BCUT2D eigenvalue weighted by molar-refractivity contribution is 0.113. The zero-order valence-corrected chi connectivity index (χ0v) is 25.5. The summed E-state index contributed by atoms with van der Waals surface area (Å²) in [5.74, 6) is 0.881. The molecule has 0 spiro atoms. The monoisotopic (exact) mass is 617 g/mol. The average molecular weight is 619 g/mol. The van der Waals surface area contributed by atoms with Gasteiger partial charge in [0.2, 0.25) is 0 Å². The first-order valence-corrected chi connectivity index (χ1v) is 14.0. The van der Waals surface area contributed by atoms with Gasteiger partial charge in [-0.05, 0) is 87.4 Å². The third-order valence-electron chi connectivity index (χ3n) is 7.68. The fraction of sp³-hybridized carbons (Fsp3) is 0.333. The molecule has 3 aromatic carbocycles. The van der Waals surface area contributed by atoms with E-state index in [0.717, 1.165) is 48.7 Å². The number of aliphatic hydroxyl groups is 1. The van der Waals surface area contributed by atoms with Crippen LogP contribution in [0.2, 0.25) is 10.0 Å². The Morgan fingerprint density at radius 2 is 1.33 bits per heavy atom. The Morgan fingerprint density at radius 3 is 1.88 bits per heavy atom. The van der Waals surface area contributed by atoms with Gasteiger partial charge in [0, 0.05) is 53.2 Å². The van der Waals surface area contributed by atoms with E-state index >= 15 is 0 Å². The third kappa shape index (κ3) is 6.28. The zero-order chi connectivity index (χ0) is 28.7. The maximum absolute atomic E-state index is 13.4. The number of aliphatic hydroxyl groups excluding tert-OH is 1. The topological polar surface area (TPSA) is 150 Å². The molecule has 4 aromatic rings. The summed E-state index contributed by atoms with van der Waals surface area (Å²) >= 11 is 12.3. The predicted molar refractivity (Wildman–Crippen MR) is 168 cm³/mol. The molecule has 1 aliphatic heterocycles. The van der Waals surface area contributed by atoms with Gasteiger partial charge in [-0.15, -0.1) is 0 Å². The van der Waals surface area contributed by atoms with Crippen molar-refractivity contribution in [1.29, 1.82) is 0 Å². The summed E-state index contributed by atoms with van der Waals surface area (Å²) in [6.07, 6.45) is -1.04. The number of anilines is 2. The van der Waals surface area contributed by atoms with Gasteiger partial charge < -0.3 is 31.0 Å². The van der Waals surface area contributed by atoms with E-state index in [0.29, 0.717) is 32.9 Å². The van der Waals surface area contributed by atoms with Crippen molar-refractivity contribution in [2.45, 2.75) is 39.8 Å². The number of rotatable bonds is 6. The largest absolute Gasteiger partial charge is 0.507 e. The minimum Gasteiger partial charge on any atom is -0.507 e. The molecule has 10 nitrogen and oxygen atoms in total. The number of phenols is 1. The highest BCUT2D eigenvalue weighted by atomic mass is 35.5. The number of aromatic nitrogens is 3. The van der Waals surface area contributed by atoms with Gasteiger partial charge in [0.1, 0.15) is 17.7 Å². The number of benzene rings is 3. The maximum atomic E-state index is 13.4. The molecule has 12 heteroatoms. The first-order valence-electron chi connectivity index (χ1n) is 13.3. The molecule has 42 heavy (non-hydrogen) atoms. The highest BCUT2D eigenvalue weighted by molar-refractivity contribution is 6.35. The van der Waals surface area contributed by atoms with Crippen molar-refractivity contribution in [3.63, 3.8) is 0 Å². The van der Waals surface area contributed by atoms with Crippen LogP contribution in [0.5, 0.6) is 5.75 Å². The van der Waals surface area contributed by atoms with Crippen molar-refractivity contribution in [2.24, 2.45) is 0 Å². The average Bonchev–Trinajstić information content (AvgIpc) is 3.24. The molecule has 1 aromatic heterocycles. The van der Waals surface area contributed by atoms with E-state index < -0.39 is 12.1 Å². The summed E-state index contributed by atoms with van der Waals surface area (Å²) in [5.41, 5.74) is 4.84. The van der Waals surface area contributed by atoms with E-state index in [2.05, 4.69) is 14.9 Å². The molecule has 0 amide bonds. The van der Waals surface area contributed by atoms with Gasteiger partial charge in [0.05, 0.1) is 11.7 Å². The van der Waals surface area contributed by atoms with Crippen LogP contribution < -0.4 is 15.5 Å². The van der Waals surface area contributed by atoms with Crippen LogP contribution in [-0.4, -0.2) is 61.7 Å². The molecule has 2 atom stereocenters. The molecule has 2 heterocycles. The summed E-state index contributed by atoms with van der Waals surface area (Å²) in [5, 5.41) is 26.3. The minimum atomic E-state index is -1.04. The number of aromatic hydroxyl groups is 1. The SMILES string of the molecule is Cc1cc(N2CCN(c3ccc(-n4c(C)nn(C(C)C(O)c5ccc(Cl)cc5Cl)c4=O)cc3)CC2)cc(C)c1O.O.O. The molecule has 0 bridgehead atoms. The van der Waals surface area contributed by atoms with Crippen molar-refractivity contribution in [3.05, 3.63) is 97.6 Å². The van der Waals surface area contributed by atoms with E-state index in [1.165, 1.54) is 4.68 Å². The minimum absolute atomic E-state index is 0. The van der Waals surface area contributed by atoms with E-state index in [-0.39, 0.29) is 16.6 Å². The van der Waals surface area contributed by atoms with Crippen LogP contribution in [0.15, 0.2) is 59.4 Å². The lowest BCUT2D eigenvalue weighted by Gasteiger charge is -2.37. The standard InChI is InChI=1S/C30H33Cl2N5O3.2H2O/c1-18-15-25(16-19(2)28(18)38)35-13-11-34(12-14-35)23-6-8-24(9-7-23)36-21(4)33-37(30(36)40)20(3)29(39)26-10-5-22(31)17-27(26)32;;/h5-10,15-17,20,29,38-39H,11-14H2,1-4H3;2*1H2. The lowest BCUT2D eigenvalue weighted by Crippen LogP contribution is -2.46. The Balaban J connectivity index is 0.00000242. The number of hydrogen-bond acceptors (Lipinski definition) is 6. The summed E-state index contributed by atoms with van der Waals surface area (Å²) in [6, 6.07) is 16.2. The van der Waals surface area contributed by atoms with Crippen molar-refractivity contribution < 1.29 is 21.2 Å². The van der Waals surface area contributed by atoms with E-state index in [4.69, 9.17) is 23.2 Å². The molecule has 0 radical (unpaired) electrons. The molecule has 1 saturated heterocycles. The molecule has 6 N–H and O–H groups in total. The summed E-state index contributed by atoms with van der Waals surface area (Å²) in [6.45, 7) is 10.8. The van der Waals surface area contributed by atoms with Crippen LogP contribution in [0, 0.1) is 20.8 Å². The van der Waals surface area contributed by atoms with Crippen molar-refractivity contribution in [3.8, 4) is 11.4 Å². The van der Waals surface area contributed by atoms with Gasteiger partial charge in [0.15, 0.2) is 0 Å². The Morgan fingerprint density at radius 1 is 0.810 bits per heavy atom. The van der Waals surface area contributed by atoms with Crippen LogP contribution in [-0.2, 0) is 0 Å². The fourth-order valence-corrected chi connectivity index (χ4v) is 5.85. The van der Waals surface area contributed by atoms with Crippen LogP contribution in [0.3, 0.4) is 0 Å². The van der Waals surface area contributed by atoms with E-state index in [1.54, 1.807) is 36.6 Å². The van der Waals surface area contributed by atoms with Crippen LogP contribution in [0.4, 0.5) is 11.4 Å². The Labute approximate surface area is 254 Å². The van der Waals surface area contributed by atoms with Crippen LogP contribution in [0.1, 0.15) is 41.6 Å². The van der Waals surface area contributed by atoms with Gasteiger partial charge in [-0.1, -0.05) is 29.3 Å². The second-order valence-corrected chi connectivity index (χ2v) is 11.2. The zero-order valence-electron chi connectivity index (χ0n) is 24.0. The normalized spacial score (nSPS) is 14.6. The van der Waals surface area contributed by atoms with Crippen molar-refractivity contribution in [1.82, 2.24) is 14.3 Å². The smallest absolute Gasteiger partial charge is 0.350 e. The summed E-state index contributed by atoms with van der Waals surface area (Å²) in [7, 11) is 0. The Kier molecular flexibility index (Phi) is 10.3. The van der Waals surface area contributed by atoms with E-state index in [1.807, 2.05) is 50.2 Å². The van der Waals surface area contributed by atoms with Crippen LogP contribution in [0.25, 0.3) is 5.69 Å². The molecule has 2 unspecified atom stereocenters. The number of nitrogens with zero attached hydrogens (tertiary/aromatic N) is 5. The second kappa shape index (κ2) is 13.2. The van der Waals surface area contributed by atoms with Crippen LogP contribution >= 0.6 is 23.2 Å². The van der Waals surface area contributed by atoms with Gasteiger partial charge >= 0.3 is 5.69 Å². The Hall–Kier alpha value is -3.54. The Bertz CT molecular complexity index is 1570. The van der Waals surface area contributed by atoms with Crippen molar-refractivity contribution >= 4 is 34.6 Å². The van der Waals surface area contributed by atoms with Gasteiger partial charge in [-0.25, -0.2) is 14.0 Å². The molecule has 1 aliphatic rings. The number of phenolic OH excluding ortho intramolecular Hbond substituents is 1. The summed E-state index contributed by atoms with van der Waals surface area (Å²) < 4.78 is 2.84. The predicted octanol–water partition coefficient (Wildman–Crippen LogP) is 3.94. The van der Waals surface area contributed by atoms with Gasteiger partial charge in [-0.3, -0.25) is 0 Å². The quantitative estimate of drug-likeness (QED) is 0.334. The van der Waals surface area contributed by atoms with Crippen molar-refractivity contribution in [2.75, 3.05) is 36.0 Å². The molecular weight excluding hydrogens is 581 g/mol.